The van der Waals surface area contributed by atoms with Crippen molar-refractivity contribution in [3.05, 3.63) is 0 Å². The number of hydrogen-bond donors (Lipinski definition) is 0. The molecule has 2 fully saturated rings. The number of rotatable bonds is 0. The Labute approximate surface area is 68.5 Å². The molecule has 0 amide bonds. The quantitative estimate of drug-likeness (QED) is 0.525. The largest absolute Gasteiger partial charge is 0.366 e. The van der Waals surface area contributed by atoms with Crippen LogP contribution in [0, 0.1) is 5.92 Å². The summed E-state index contributed by atoms with van der Waals surface area (Å²) in [6.45, 7) is 5.42. The van der Waals surface area contributed by atoms with Crippen molar-refractivity contribution in [1.82, 2.24) is 4.90 Å². The van der Waals surface area contributed by atoms with Gasteiger partial charge in [0.15, 0.2) is 0 Å². The minimum atomic E-state index is 0.754. The van der Waals surface area contributed by atoms with Crippen LogP contribution in [0.5, 0.6) is 0 Å². The van der Waals surface area contributed by atoms with Gasteiger partial charge in [-0.1, -0.05) is 13.3 Å². The molecule has 11 heavy (non-hydrogen) atoms. The molecule has 0 radical (unpaired) electrons. The lowest BCUT2D eigenvalue weighted by molar-refractivity contribution is -0.0910. The summed E-state index contributed by atoms with van der Waals surface area (Å²) >= 11 is 0. The highest BCUT2D eigenvalue weighted by Gasteiger charge is 2.30. The van der Waals surface area contributed by atoms with E-state index in [4.69, 9.17) is 4.74 Å². The molecule has 0 spiro atoms. The fraction of sp³-hybridized carbons (Fsp3) is 1.00. The number of hydrogen-bond acceptors (Lipinski definition) is 2. The third kappa shape index (κ3) is 1.42. The average Bonchev–Trinajstić information content (AvgIpc) is 2.06. The van der Waals surface area contributed by atoms with Crippen molar-refractivity contribution < 1.29 is 4.74 Å². The highest BCUT2D eigenvalue weighted by Crippen LogP contribution is 2.26. The van der Waals surface area contributed by atoms with Crippen LogP contribution >= 0.6 is 0 Å². The van der Waals surface area contributed by atoms with Crippen LogP contribution in [0.25, 0.3) is 0 Å². The number of ether oxygens (including phenoxy) is 1. The summed E-state index contributed by atoms with van der Waals surface area (Å²) in [6.07, 6.45) is 4.18. The zero-order valence-electron chi connectivity index (χ0n) is 7.25. The van der Waals surface area contributed by atoms with E-state index in [-0.39, 0.29) is 0 Å². The van der Waals surface area contributed by atoms with Gasteiger partial charge in [0.1, 0.15) is 0 Å². The van der Waals surface area contributed by atoms with Crippen molar-refractivity contribution in [3.8, 4) is 0 Å². The lowest BCUT2D eigenvalue weighted by Crippen LogP contribution is -2.49. The normalized spacial score (nSPS) is 40.1. The Morgan fingerprint density at radius 1 is 1.36 bits per heavy atom. The van der Waals surface area contributed by atoms with E-state index in [0.717, 1.165) is 25.3 Å². The Bertz CT molecular complexity index is 136. The van der Waals surface area contributed by atoms with Crippen LogP contribution in [0.3, 0.4) is 0 Å². The molecule has 2 saturated heterocycles. The molecule has 0 bridgehead atoms. The van der Waals surface area contributed by atoms with Crippen LogP contribution in [0.2, 0.25) is 0 Å². The molecule has 2 aliphatic rings. The summed E-state index contributed by atoms with van der Waals surface area (Å²) in [5, 5.41) is 0. The SMILES string of the molecule is C[C@H]1COCN2CCCC[C@H]12. The summed E-state index contributed by atoms with van der Waals surface area (Å²) in [5.41, 5.74) is 0. The van der Waals surface area contributed by atoms with E-state index in [0.29, 0.717) is 0 Å². The monoisotopic (exact) mass is 155 g/mol. The maximum absolute atomic E-state index is 5.48. The van der Waals surface area contributed by atoms with Crippen LogP contribution in [-0.2, 0) is 4.74 Å². The Morgan fingerprint density at radius 3 is 3.09 bits per heavy atom. The standard InChI is InChI=1S/C9H17NO/c1-8-6-11-7-10-5-3-2-4-9(8)10/h8-9H,2-7H2,1H3/t8-,9+/m0/s1. The highest BCUT2D eigenvalue weighted by atomic mass is 16.5. The topological polar surface area (TPSA) is 12.5 Å². The van der Waals surface area contributed by atoms with E-state index < -0.39 is 0 Å². The molecule has 0 aromatic rings. The van der Waals surface area contributed by atoms with E-state index in [2.05, 4.69) is 11.8 Å². The van der Waals surface area contributed by atoms with Crippen molar-refractivity contribution in [3.63, 3.8) is 0 Å². The number of piperidine rings is 1. The van der Waals surface area contributed by atoms with E-state index >= 15 is 0 Å². The van der Waals surface area contributed by atoms with Gasteiger partial charge in [-0.3, -0.25) is 4.90 Å². The minimum Gasteiger partial charge on any atom is -0.366 e. The molecular formula is C9H17NO. The van der Waals surface area contributed by atoms with E-state index in [9.17, 15) is 0 Å². The van der Waals surface area contributed by atoms with Crippen LogP contribution in [0.1, 0.15) is 26.2 Å². The van der Waals surface area contributed by atoms with E-state index in [1.54, 1.807) is 0 Å². The Balaban J connectivity index is 1.99. The summed E-state index contributed by atoms with van der Waals surface area (Å²) in [7, 11) is 0. The number of fused-ring (bicyclic) bond motifs is 1. The molecule has 2 aliphatic heterocycles. The smallest absolute Gasteiger partial charge is 0.0992 e. The van der Waals surface area contributed by atoms with E-state index in [1.807, 2.05) is 0 Å². The molecule has 2 heteroatoms. The average molecular weight is 155 g/mol. The van der Waals surface area contributed by atoms with Crippen molar-refractivity contribution in [2.75, 3.05) is 19.9 Å². The van der Waals surface area contributed by atoms with Crippen molar-refractivity contribution >= 4 is 0 Å². The molecule has 2 atom stereocenters. The van der Waals surface area contributed by atoms with Gasteiger partial charge in [0.05, 0.1) is 13.3 Å². The summed E-state index contributed by atoms with van der Waals surface area (Å²) in [4.78, 5) is 2.50. The van der Waals surface area contributed by atoms with Gasteiger partial charge in [-0.25, -0.2) is 0 Å². The Hall–Kier alpha value is -0.0800. The number of nitrogens with zero attached hydrogens (tertiary/aromatic N) is 1. The molecule has 2 rings (SSSR count). The predicted molar refractivity (Wildman–Crippen MR) is 44.3 cm³/mol. The molecule has 0 N–H and O–H groups in total. The third-order valence-corrected chi connectivity index (χ3v) is 2.96. The summed E-state index contributed by atoms with van der Waals surface area (Å²) in [5.74, 6) is 0.754. The lowest BCUT2D eigenvalue weighted by Gasteiger charge is -2.42. The first kappa shape index (κ1) is 7.56. The fourth-order valence-corrected chi connectivity index (χ4v) is 2.29. The molecule has 64 valence electrons. The summed E-state index contributed by atoms with van der Waals surface area (Å²) in [6, 6.07) is 0.831. The maximum Gasteiger partial charge on any atom is 0.0992 e. The first-order valence-corrected chi connectivity index (χ1v) is 4.70. The zero-order chi connectivity index (χ0) is 7.68. The van der Waals surface area contributed by atoms with Crippen molar-refractivity contribution in [1.29, 1.82) is 0 Å². The first-order chi connectivity index (χ1) is 5.38. The molecule has 0 aromatic carbocycles. The molecular weight excluding hydrogens is 138 g/mol. The summed E-state index contributed by atoms with van der Waals surface area (Å²) < 4.78 is 5.48. The van der Waals surface area contributed by atoms with Gasteiger partial charge < -0.3 is 4.74 Å². The van der Waals surface area contributed by atoms with Gasteiger partial charge in [-0.2, -0.15) is 0 Å². The lowest BCUT2D eigenvalue weighted by atomic mass is 9.91. The van der Waals surface area contributed by atoms with Gasteiger partial charge in [0.2, 0.25) is 0 Å². The second kappa shape index (κ2) is 3.11. The molecule has 0 aliphatic carbocycles. The molecule has 0 aromatic heterocycles. The van der Waals surface area contributed by atoms with Crippen LogP contribution in [0.4, 0.5) is 0 Å². The van der Waals surface area contributed by atoms with Gasteiger partial charge in [-0.15, -0.1) is 0 Å². The Kier molecular flexibility index (Phi) is 2.14. The molecule has 2 nitrogen and oxygen atoms in total. The third-order valence-electron chi connectivity index (χ3n) is 2.96. The first-order valence-electron chi connectivity index (χ1n) is 4.70. The van der Waals surface area contributed by atoms with Gasteiger partial charge in [-0.05, 0) is 18.8 Å². The highest BCUT2D eigenvalue weighted by molar-refractivity contribution is 4.81. The predicted octanol–water partition coefficient (Wildman–Crippen LogP) is 1.46. The van der Waals surface area contributed by atoms with Crippen LogP contribution in [0.15, 0.2) is 0 Å². The Morgan fingerprint density at radius 2 is 2.27 bits per heavy atom. The van der Waals surface area contributed by atoms with Gasteiger partial charge in [0.25, 0.3) is 0 Å². The van der Waals surface area contributed by atoms with Gasteiger partial charge in [0, 0.05) is 12.6 Å². The van der Waals surface area contributed by atoms with Gasteiger partial charge >= 0.3 is 0 Å². The fourth-order valence-electron chi connectivity index (χ4n) is 2.29. The van der Waals surface area contributed by atoms with Crippen molar-refractivity contribution in [2.45, 2.75) is 32.2 Å². The van der Waals surface area contributed by atoms with E-state index in [1.165, 1.54) is 25.8 Å². The van der Waals surface area contributed by atoms with Crippen LogP contribution in [-0.4, -0.2) is 30.8 Å². The maximum atomic E-state index is 5.48. The zero-order valence-corrected chi connectivity index (χ0v) is 7.25. The van der Waals surface area contributed by atoms with Crippen molar-refractivity contribution in [2.24, 2.45) is 5.92 Å². The molecule has 2 heterocycles. The van der Waals surface area contributed by atoms with Crippen LogP contribution < -0.4 is 0 Å². The molecule has 0 unspecified atom stereocenters. The minimum absolute atomic E-state index is 0.754. The second-order valence-electron chi connectivity index (χ2n) is 3.85. The molecule has 0 saturated carbocycles. The second-order valence-corrected chi connectivity index (χ2v) is 3.85.